The molecule has 1 aromatic rings. The SMILES string of the molecule is COC(=O)c1nc([N+](=O)[O-])nn1[C@@H]1O[C@H](COC(C)=O)[C@@H](OC(C)=O)[C@H]1OC(C)=O. The molecule has 0 unspecified atom stereocenters. The van der Waals surface area contributed by atoms with Gasteiger partial charge in [-0.1, -0.05) is 0 Å². The zero-order valence-electron chi connectivity index (χ0n) is 16.3. The topological polar surface area (TPSA) is 188 Å². The van der Waals surface area contributed by atoms with Gasteiger partial charge in [0.1, 0.15) is 12.7 Å². The highest BCUT2D eigenvalue weighted by Crippen LogP contribution is 2.35. The summed E-state index contributed by atoms with van der Waals surface area (Å²) >= 11 is 0. The first-order valence-corrected chi connectivity index (χ1v) is 8.37. The lowest BCUT2D eigenvalue weighted by Crippen LogP contribution is -2.41. The Morgan fingerprint density at radius 1 is 1.10 bits per heavy atom. The van der Waals surface area contributed by atoms with Crippen molar-refractivity contribution in [2.45, 2.75) is 45.3 Å². The molecule has 0 aliphatic carbocycles. The van der Waals surface area contributed by atoms with Crippen LogP contribution in [-0.4, -0.2) is 75.6 Å². The summed E-state index contributed by atoms with van der Waals surface area (Å²) in [7, 11) is 1.01. The van der Waals surface area contributed by atoms with Gasteiger partial charge in [-0.25, -0.2) is 4.79 Å². The second-order valence-corrected chi connectivity index (χ2v) is 5.94. The first kappa shape index (κ1) is 22.7. The summed E-state index contributed by atoms with van der Waals surface area (Å²) in [5.74, 6) is -4.92. The van der Waals surface area contributed by atoms with Gasteiger partial charge in [-0.05, 0) is 9.91 Å². The Morgan fingerprint density at radius 3 is 2.20 bits per heavy atom. The third-order valence-corrected chi connectivity index (χ3v) is 3.73. The van der Waals surface area contributed by atoms with Crippen molar-refractivity contribution < 1.29 is 47.8 Å². The third kappa shape index (κ3) is 5.05. The van der Waals surface area contributed by atoms with E-state index < -0.39 is 71.7 Å². The number of hydrogen-bond donors (Lipinski definition) is 0. The van der Waals surface area contributed by atoms with Gasteiger partial charge in [0.25, 0.3) is 0 Å². The highest BCUT2D eigenvalue weighted by atomic mass is 16.7. The zero-order valence-corrected chi connectivity index (χ0v) is 16.3. The molecule has 0 spiro atoms. The van der Waals surface area contributed by atoms with Crippen LogP contribution in [0.4, 0.5) is 5.95 Å². The molecule has 0 amide bonds. The van der Waals surface area contributed by atoms with Crippen molar-refractivity contribution in [2.24, 2.45) is 0 Å². The van der Waals surface area contributed by atoms with E-state index in [0.717, 1.165) is 27.9 Å². The lowest BCUT2D eigenvalue weighted by atomic mass is 10.1. The van der Waals surface area contributed by atoms with Crippen LogP contribution in [0.2, 0.25) is 0 Å². The van der Waals surface area contributed by atoms with Gasteiger partial charge in [0.15, 0.2) is 12.2 Å². The molecule has 15 nitrogen and oxygen atoms in total. The number of nitro groups is 1. The van der Waals surface area contributed by atoms with Crippen LogP contribution < -0.4 is 0 Å². The van der Waals surface area contributed by atoms with E-state index in [4.69, 9.17) is 18.9 Å². The number of carbonyl (C=O) groups is 4. The maximum absolute atomic E-state index is 12.0. The molecule has 0 bridgehead atoms. The van der Waals surface area contributed by atoms with E-state index >= 15 is 0 Å². The molecule has 2 heterocycles. The fraction of sp³-hybridized carbons (Fsp3) is 0.600. The predicted octanol–water partition coefficient (Wildman–Crippen LogP) is -0.703. The normalized spacial score (nSPS) is 22.8. The van der Waals surface area contributed by atoms with Gasteiger partial charge in [0.2, 0.25) is 6.23 Å². The number of esters is 4. The molecule has 164 valence electrons. The van der Waals surface area contributed by atoms with Crippen molar-refractivity contribution in [3.05, 3.63) is 15.9 Å². The van der Waals surface area contributed by atoms with E-state index in [1.54, 1.807) is 0 Å². The van der Waals surface area contributed by atoms with E-state index in [-0.39, 0.29) is 0 Å². The minimum absolute atomic E-state index is 0.411. The summed E-state index contributed by atoms with van der Waals surface area (Å²) in [6.45, 7) is 2.87. The molecule has 0 N–H and O–H groups in total. The number of nitrogens with zero attached hydrogens (tertiary/aromatic N) is 4. The monoisotopic (exact) mass is 430 g/mol. The van der Waals surface area contributed by atoms with E-state index in [9.17, 15) is 29.3 Å². The Morgan fingerprint density at radius 2 is 1.70 bits per heavy atom. The average Bonchev–Trinajstić information content (AvgIpc) is 3.21. The molecule has 2 rings (SSSR count). The molecule has 1 aliphatic heterocycles. The van der Waals surface area contributed by atoms with E-state index in [2.05, 4.69) is 14.8 Å². The summed E-state index contributed by atoms with van der Waals surface area (Å²) in [5.41, 5.74) is 0. The minimum Gasteiger partial charge on any atom is -0.463 e. The maximum atomic E-state index is 12.0. The van der Waals surface area contributed by atoms with Crippen LogP contribution in [0.3, 0.4) is 0 Å². The van der Waals surface area contributed by atoms with E-state index in [0.29, 0.717) is 4.68 Å². The minimum atomic E-state index is -1.49. The van der Waals surface area contributed by atoms with E-state index in [1.165, 1.54) is 0 Å². The molecule has 0 radical (unpaired) electrons. The maximum Gasteiger partial charge on any atom is 0.491 e. The summed E-state index contributed by atoms with van der Waals surface area (Å²) in [6.07, 6.45) is -5.34. The standard InChI is InChI=1S/C15H18N4O11/c1-6(20)27-5-9-10(28-7(2)21)11(29-8(3)22)13(30-9)18-12(14(23)26-4)16-15(17-18)19(24)25/h9-11,13H,5H2,1-4H3/t9-,10-,11-,13-/m1/s1. The number of methoxy groups -OCH3 is 1. The van der Waals surface area contributed by atoms with Gasteiger partial charge < -0.3 is 33.8 Å². The van der Waals surface area contributed by atoms with Crippen molar-refractivity contribution in [1.82, 2.24) is 14.8 Å². The molecule has 4 atom stereocenters. The number of hydrogen-bond acceptors (Lipinski definition) is 13. The largest absolute Gasteiger partial charge is 0.491 e. The van der Waals surface area contributed by atoms with Gasteiger partial charge in [-0.3, -0.25) is 14.4 Å². The Hall–Kier alpha value is -3.62. The summed E-state index contributed by atoms with van der Waals surface area (Å²) in [4.78, 5) is 60.0. The molecule has 0 saturated carbocycles. The Bertz CT molecular complexity index is 867. The van der Waals surface area contributed by atoms with Crippen molar-refractivity contribution in [1.29, 1.82) is 0 Å². The summed E-state index contributed by atoms with van der Waals surface area (Å²) in [6, 6.07) is 0. The third-order valence-electron chi connectivity index (χ3n) is 3.73. The first-order valence-electron chi connectivity index (χ1n) is 8.37. The van der Waals surface area contributed by atoms with Crippen molar-refractivity contribution in [3.8, 4) is 0 Å². The summed E-state index contributed by atoms with van der Waals surface area (Å²) in [5, 5.41) is 14.7. The van der Waals surface area contributed by atoms with Gasteiger partial charge in [-0.2, -0.15) is 0 Å². The van der Waals surface area contributed by atoms with Gasteiger partial charge in [0.05, 0.1) is 7.11 Å². The highest BCUT2D eigenvalue weighted by molar-refractivity contribution is 5.85. The molecular formula is C15H18N4O11. The van der Waals surface area contributed by atoms with Gasteiger partial charge >= 0.3 is 35.6 Å². The van der Waals surface area contributed by atoms with E-state index in [1.807, 2.05) is 0 Å². The molecule has 15 heteroatoms. The summed E-state index contributed by atoms with van der Waals surface area (Å²) < 4.78 is 26.1. The highest BCUT2D eigenvalue weighted by Gasteiger charge is 2.53. The fourth-order valence-corrected chi connectivity index (χ4v) is 2.69. The van der Waals surface area contributed by atoms with Gasteiger partial charge in [-0.15, -0.1) is 4.68 Å². The first-order chi connectivity index (χ1) is 14.0. The quantitative estimate of drug-likeness (QED) is 0.229. The Labute approximate surface area is 168 Å². The van der Waals surface area contributed by atoms with Crippen molar-refractivity contribution in [2.75, 3.05) is 13.7 Å². The van der Waals surface area contributed by atoms with Crippen LogP contribution in [-0.2, 0) is 38.1 Å². The second kappa shape index (κ2) is 9.25. The molecule has 0 aromatic carbocycles. The lowest BCUT2D eigenvalue weighted by Gasteiger charge is -2.22. The number of ether oxygens (including phenoxy) is 5. The Balaban J connectivity index is 2.53. The van der Waals surface area contributed by atoms with Crippen molar-refractivity contribution in [3.63, 3.8) is 0 Å². The second-order valence-electron chi connectivity index (χ2n) is 5.94. The predicted molar refractivity (Wildman–Crippen MR) is 89.7 cm³/mol. The molecular weight excluding hydrogens is 412 g/mol. The molecule has 30 heavy (non-hydrogen) atoms. The number of aromatic nitrogens is 3. The van der Waals surface area contributed by atoms with Crippen LogP contribution in [0.5, 0.6) is 0 Å². The number of rotatable bonds is 7. The van der Waals surface area contributed by atoms with Crippen LogP contribution >= 0.6 is 0 Å². The number of carbonyl (C=O) groups excluding carboxylic acids is 4. The Kier molecular flexibility index (Phi) is 6.99. The zero-order chi connectivity index (χ0) is 22.6. The van der Waals surface area contributed by atoms with Crippen LogP contribution in [0.1, 0.15) is 37.6 Å². The van der Waals surface area contributed by atoms with Crippen molar-refractivity contribution >= 4 is 29.8 Å². The van der Waals surface area contributed by atoms with Gasteiger partial charge in [0, 0.05) is 25.9 Å². The lowest BCUT2D eigenvalue weighted by molar-refractivity contribution is -0.394. The average molecular weight is 430 g/mol. The molecule has 1 aromatic heterocycles. The molecule has 1 aliphatic rings. The smallest absolute Gasteiger partial charge is 0.463 e. The fourth-order valence-electron chi connectivity index (χ4n) is 2.69. The molecule has 1 fully saturated rings. The van der Waals surface area contributed by atoms with Crippen LogP contribution in [0.15, 0.2) is 0 Å². The van der Waals surface area contributed by atoms with Crippen LogP contribution in [0.25, 0.3) is 0 Å². The van der Waals surface area contributed by atoms with Crippen LogP contribution in [0, 0.1) is 10.1 Å². The molecule has 1 saturated heterocycles.